The first kappa shape index (κ1) is 11.8. The first-order valence-electron chi connectivity index (χ1n) is 5.90. The van der Waals surface area contributed by atoms with Crippen molar-refractivity contribution in [2.75, 3.05) is 13.7 Å². The van der Waals surface area contributed by atoms with E-state index in [2.05, 4.69) is 59.2 Å². The van der Waals surface area contributed by atoms with E-state index in [4.69, 9.17) is 0 Å². The maximum Gasteiger partial charge on any atom is 0.0454 e. The highest BCUT2D eigenvalue weighted by Crippen LogP contribution is 2.18. The summed E-state index contributed by atoms with van der Waals surface area (Å²) in [5.41, 5.74) is 3.84. The zero-order valence-corrected chi connectivity index (χ0v) is 10.1. The summed E-state index contributed by atoms with van der Waals surface area (Å²) in [5, 5.41) is 6.36. The van der Waals surface area contributed by atoms with Gasteiger partial charge in [0.1, 0.15) is 0 Å². The molecule has 0 heterocycles. The predicted molar refractivity (Wildman–Crippen MR) is 72.6 cm³/mol. The Morgan fingerprint density at radius 2 is 1.47 bits per heavy atom. The summed E-state index contributed by atoms with van der Waals surface area (Å²) in [6.45, 7) is 1.73. The first-order chi connectivity index (χ1) is 8.40. The summed E-state index contributed by atoms with van der Waals surface area (Å²) in [4.78, 5) is 0. The SMILES string of the molecule is CNCNCc1ccc(-c2ccccc2)cc1. The summed E-state index contributed by atoms with van der Waals surface area (Å²) >= 11 is 0. The molecule has 2 rings (SSSR count). The van der Waals surface area contributed by atoms with E-state index in [-0.39, 0.29) is 0 Å². The lowest BCUT2D eigenvalue weighted by molar-refractivity contribution is 0.632. The molecule has 2 aromatic carbocycles. The molecule has 2 nitrogen and oxygen atoms in total. The fourth-order valence-corrected chi connectivity index (χ4v) is 1.78. The van der Waals surface area contributed by atoms with Crippen molar-refractivity contribution in [2.24, 2.45) is 0 Å². The van der Waals surface area contributed by atoms with Crippen LogP contribution in [0.2, 0.25) is 0 Å². The van der Waals surface area contributed by atoms with Gasteiger partial charge in [0.05, 0.1) is 0 Å². The van der Waals surface area contributed by atoms with E-state index in [1.807, 2.05) is 13.1 Å². The van der Waals surface area contributed by atoms with Gasteiger partial charge in [0, 0.05) is 13.2 Å². The predicted octanol–water partition coefficient (Wildman–Crippen LogP) is 2.62. The fraction of sp³-hybridized carbons (Fsp3) is 0.200. The molecular weight excluding hydrogens is 208 g/mol. The largest absolute Gasteiger partial charge is 0.308 e. The zero-order valence-electron chi connectivity index (χ0n) is 10.1. The minimum Gasteiger partial charge on any atom is -0.308 e. The Morgan fingerprint density at radius 3 is 2.12 bits per heavy atom. The van der Waals surface area contributed by atoms with Crippen LogP contribution in [0.3, 0.4) is 0 Å². The summed E-state index contributed by atoms with van der Waals surface area (Å²) in [5.74, 6) is 0. The molecule has 2 aromatic rings. The van der Waals surface area contributed by atoms with Crippen molar-refractivity contribution in [3.63, 3.8) is 0 Å². The quantitative estimate of drug-likeness (QED) is 0.605. The molecule has 0 saturated carbocycles. The number of rotatable bonds is 5. The molecule has 0 unspecified atom stereocenters. The van der Waals surface area contributed by atoms with E-state index in [0.29, 0.717) is 0 Å². The molecule has 0 spiro atoms. The highest BCUT2D eigenvalue weighted by molar-refractivity contribution is 5.63. The van der Waals surface area contributed by atoms with Gasteiger partial charge in [0.25, 0.3) is 0 Å². The lowest BCUT2D eigenvalue weighted by atomic mass is 10.0. The zero-order chi connectivity index (χ0) is 11.9. The van der Waals surface area contributed by atoms with Gasteiger partial charge >= 0.3 is 0 Å². The minimum atomic E-state index is 0.834. The Morgan fingerprint density at radius 1 is 0.824 bits per heavy atom. The molecule has 2 N–H and O–H groups in total. The monoisotopic (exact) mass is 226 g/mol. The van der Waals surface area contributed by atoms with E-state index in [1.54, 1.807) is 0 Å². The fourth-order valence-electron chi connectivity index (χ4n) is 1.78. The number of nitrogens with one attached hydrogen (secondary N) is 2. The molecule has 0 atom stereocenters. The molecule has 0 aliphatic heterocycles. The van der Waals surface area contributed by atoms with Crippen LogP contribution >= 0.6 is 0 Å². The van der Waals surface area contributed by atoms with E-state index in [9.17, 15) is 0 Å². The van der Waals surface area contributed by atoms with Crippen LogP contribution in [0, 0.1) is 0 Å². The van der Waals surface area contributed by atoms with Crippen molar-refractivity contribution >= 4 is 0 Å². The van der Waals surface area contributed by atoms with Gasteiger partial charge in [0.15, 0.2) is 0 Å². The molecular formula is C15H18N2. The summed E-state index contributed by atoms with van der Waals surface area (Å²) in [6.07, 6.45) is 0. The smallest absolute Gasteiger partial charge is 0.0454 e. The number of hydrogen-bond donors (Lipinski definition) is 2. The Labute approximate surface area is 103 Å². The van der Waals surface area contributed by atoms with Crippen LogP contribution in [0.15, 0.2) is 54.6 Å². The van der Waals surface area contributed by atoms with Gasteiger partial charge in [-0.3, -0.25) is 0 Å². The van der Waals surface area contributed by atoms with Gasteiger partial charge in [0.2, 0.25) is 0 Å². The Bertz CT molecular complexity index is 434. The van der Waals surface area contributed by atoms with Crippen LogP contribution in [0.25, 0.3) is 11.1 Å². The Hall–Kier alpha value is -1.64. The van der Waals surface area contributed by atoms with Gasteiger partial charge in [-0.2, -0.15) is 0 Å². The molecule has 17 heavy (non-hydrogen) atoms. The van der Waals surface area contributed by atoms with Crippen LogP contribution in [0.5, 0.6) is 0 Å². The summed E-state index contributed by atoms with van der Waals surface area (Å²) < 4.78 is 0. The highest BCUT2D eigenvalue weighted by atomic mass is 15.0. The van der Waals surface area contributed by atoms with E-state index in [1.165, 1.54) is 16.7 Å². The normalized spacial score (nSPS) is 10.4. The maximum atomic E-state index is 3.30. The van der Waals surface area contributed by atoms with Crippen LogP contribution in [0.1, 0.15) is 5.56 Å². The summed E-state index contributed by atoms with van der Waals surface area (Å²) in [6, 6.07) is 19.1. The summed E-state index contributed by atoms with van der Waals surface area (Å²) in [7, 11) is 1.94. The molecule has 0 radical (unpaired) electrons. The van der Waals surface area contributed by atoms with E-state index >= 15 is 0 Å². The van der Waals surface area contributed by atoms with Crippen molar-refractivity contribution < 1.29 is 0 Å². The van der Waals surface area contributed by atoms with Crippen molar-refractivity contribution in [1.29, 1.82) is 0 Å². The Kier molecular flexibility index (Phi) is 4.30. The third kappa shape index (κ3) is 3.41. The second-order valence-electron chi connectivity index (χ2n) is 4.02. The van der Waals surface area contributed by atoms with Crippen LogP contribution in [-0.2, 0) is 6.54 Å². The van der Waals surface area contributed by atoms with Gasteiger partial charge in [-0.1, -0.05) is 54.6 Å². The number of hydrogen-bond acceptors (Lipinski definition) is 2. The third-order valence-corrected chi connectivity index (χ3v) is 2.69. The van der Waals surface area contributed by atoms with Gasteiger partial charge < -0.3 is 10.6 Å². The topological polar surface area (TPSA) is 24.1 Å². The second-order valence-corrected chi connectivity index (χ2v) is 4.02. The van der Waals surface area contributed by atoms with Crippen molar-refractivity contribution in [1.82, 2.24) is 10.6 Å². The molecule has 0 bridgehead atoms. The molecule has 0 aliphatic carbocycles. The standard InChI is InChI=1S/C15H18N2/c1-16-12-17-11-13-7-9-15(10-8-13)14-5-3-2-4-6-14/h2-10,16-17H,11-12H2,1H3. The molecule has 0 amide bonds. The molecule has 0 aliphatic rings. The van der Waals surface area contributed by atoms with Gasteiger partial charge in [-0.15, -0.1) is 0 Å². The minimum absolute atomic E-state index is 0.834. The lowest BCUT2D eigenvalue weighted by Crippen LogP contribution is -2.25. The molecule has 88 valence electrons. The van der Waals surface area contributed by atoms with E-state index in [0.717, 1.165) is 13.2 Å². The average molecular weight is 226 g/mol. The van der Waals surface area contributed by atoms with Gasteiger partial charge in [-0.25, -0.2) is 0 Å². The highest BCUT2D eigenvalue weighted by Gasteiger charge is 1.96. The molecule has 2 heteroatoms. The first-order valence-corrected chi connectivity index (χ1v) is 5.90. The van der Waals surface area contributed by atoms with Crippen LogP contribution < -0.4 is 10.6 Å². The van der Waals surface area contributed by atoms with E-state index < -0.39 is 0 Å². The molecule has 0 saturated heterocycles. The Balaban J connectivity index is 2.03. The molecule has 0 aromatic heterocycles. The van der Waals surface area contributed by atoms with Crippen LogP contribution in [-0.4, -0.2) is 13.7 Å². The van der Waals surface area contributed by atoms with Crippen molar-refractivity contribution in [2.45, 2.75) is 6.54 Å². The lowest BCUT2D eigenvalue weighted by Gasteiger charge is -2.06. The van der Waals surface area contributed by atoms with Crippen LogP contribution in [0.4, 0.5) is 0 Å². The van der Waals surface area contributed by atoms with Crippen molar-refractivity contribution in [3.8, 4) is 11.1 Å². The average Bonchev–Trinajstić information content (AvgIpc) is 2.41. The van der Waals surface area contributed by atoms with Gasteiger partial charge in [-0.05, 0) is 23.7 Å². The number of benzene rings is 2. The second kappa shape index (κ2) is 6.18. The third-order valence-electron chi connectivity index (χ3n) is 2.69. The van der Waals surface area contributed by atoms with Crippen molar-refractivity contribution in [3.05, 3.63) is 60.2 Å². The molecule has 0 fully saturated rings. The maximum absolute atomic E-state index is 3.30.